The van der Waals surface area contributed by atoms with E-state index in [0.717, 1.165) is 21.2 Å². The van der Waals surface area contributed by atoms with Crippen molar-refractivity contribution >= 4 is 26.8 Å². The molecule has 0 aromatic carbocycles. The highest BCUT2D eigenvalue weighted by atomic mass is 79.9. The molecule has 2 aromatic heterocycles. The first-order valence-electron chi connectivity index (χ1n) is 3.63. The van der Waals surface area contributed by atoms with Gasteiger partial charge in [-0.05, 0) is 28.9 Å². The molecule has 2 heterocycles. The van der Waals surface area contributed by atoms with Gasteiger partial charge in [0.1, 0.15) is 4.60 Å². The molecule has 0 aliphatic heterocycles. The molecule has 0 saturated heterocycles. The van der Waals surface area contributed by atoms with Gasteiger partial charge < -0.3 is 0 Å². The van der Waals surface area contributed by atoms with Crippen molar-refractivity contribution in [2.24, 2.45) is 7.05 Å². The second-order valence-corrected chi connectivity index (χ2v) is 3.55. The van der Waals surface area contributed by atoms with E-state index in [4.69, 9.17) is 0 Å². The van der Waals surface area contributed by atoms with Crippen LogP contribution in [0.4, 0.5) is 0 Å². The van der Waals surface area contributed by atoms with Crippen LogP contribution in [0.25, 0.3) is 10.9 Å². The van der Waals surface area contributed by atoms with Crippen molar-refractivity contribution < 1.29 is 0 Å². The van der Waals surface area contributed by atoms with E-state index >= 15 is 0 Å². The predicted octanol–water partition coefficient (Wildman–Crippen LogP) is 2.04. The topological polar surface area (TPSA) is 30.7 Å². The van der Waals surface area contributed by atoms with Crippen molar-refractivity contribution in [2.75, 3.05) is 0 Å². The van der Waals surface area contributed by atoms with Crippen LogP contribution >= 0.6 is 15.9 Å². The van der Waals surface area contributed by atoms with Crippen LogP contribution in [0.15, 0.2) is 16.9 Å². The maximum Gasteiger partial charge on any atom is 0.106 e. The van der Waals surface area contributed by atoms with E-state index in [1.165, 1.54) is 0 Å². The van der Waals surface area contributed by atoms with Crippen molar-refractivity contribution in [3.8, 4) is 0 Å². The summed E-state index contributed by atoms with van der Waals surface area (Å²) in [6.45, 7) is 1.99. The summed E-state index contributed by atoms with van der Waals surface area (Å²) < 4.78 is 2.69. The molecule has 0 radical (unpaired) electrons. The first-order chi connectivity index (χ1) is 5.68. The third kappa shape index (κ3) is 1.03. The van der Waals surface area contributed by atoms with Crippen LogP contribution in [0.5, 0.6) is 0 Å². The van der Waals surface area contributed by atoms with E-state index in [2.05, 4.69) is 26.0 Å². The Morgan fingerprint density at radius 2 is 2.25 bits per heavy atom. The number of hydrogen-bond acceptors (Lipinski definition) is 2. The minimum atomic E-state index is 0.853. The van der Waals surface area contributed by atoms with Gasteiger partial charge in [0, 0.05) is 12.4 Å². The molecule has 0 aliphatic carbocycles. The SMILES string of the molecule is Cc1nn(C)c2cnc(Br)cc12. The predicted molar refractivity (Wildman–Crippen MR) is 50.9 cm³/mol. The molecule has 0 N–H and O–H groups in total. The minimum absolute atomic E-state index is 0.853. The van der Waals surface area contributed by atoms with Gasteiger partial charge >= 0.3 is 0 Å². The molecular weight excluding hydrogens is 218 g/mol. The van der Waals surface area contributed by atoms with E-state index in [1.807, 2.05) is 30.9 Å². The normalized spacial score (nSPS) is 10.9. The summed E-state index contributed by atoms with van der Waals surface area (Å²) in [7, 11) is 1.92. The van der Waals surface area contributed by atoms with E-state index < -0.39 is 0 Å². The van der Waals surface area contributed by atoms with Gasteiger partial charge in [0.05, 0.1) is 17.4 Å². The highest BCUT2D eigenvalue weighted by Crippen LogP contribution is 2.19. The van der Waals surface area contributed by atoms with Crippen molar-refractivity contribution in [3.63, 3.8) is 0 Å². The Hall–Kier alpha value is -0.900. The number of hydrogen-bond donors (Lipinski definition) is 0. The summed E-state index contributed by atoms with van der Waals surface area (Å²) in [5, 5.41) is 5.44. The molecule has 0 saturated carbocycles. The van der Waals surface area contributed by atoms with Gasteiger partial charge in [-0.25, -0.2) is 4.98 Å². The van der Waals surface area contributed by atoms with E-state index in [9.17, 15) is 0 Å². The maximum absolute atomic E-state index is 4.29. The molecule has 12 heavy (non-hydrogen) atoms. The first-order valence-corrected chi connectivity index (χ1v) is 4.42. The standard InChI is InChI=1S/C8H8BrN3/c1-5-6-3-8(9)10-4-7(6)12(2)11-5/h3-4H,1-2H3. The zero-order valence-electron chi connectivity index (χ0n) is 6.87. The first kappa shape index (κ1) is 7.73. The van der Waals surface area contributed by atoms with Gasteiger partial charge in [-0.3, -0.25) is 4.68 Å². The molecule has 0 fully saturated rings. The molecule has 0 spiro atoms. The molecular formula is C8H8BrN3. The number of nitrogens with zero attached hydrogens (tertiary/aromatic N) is 3. The zero-order valence-corrected chi connectivity index (χ0v) is 8.46. The minimum Gasteiger partial charge on any atom is -0.266 e. The third-order valence-electron chi connectivity index (χ3n) is 1.89. The summed E-state index contributed by atoms with van der Waals surface area (Å²) >= 11 is 3.33. The number of halogens is 1. The summed E-state index contributed by atoms with van der Waals surface area (Å²) in [6, 6.07) is 1.98. The van der Waals surface area contributed by atoms with Crippen LogP contribution in [-0.2, 0) is 7.05 Å². The molecule has 0 atom stereocenters. The lowest BCUT2D eigenvalue weighted by molar-refractivity contribution is 0.782. The van der Waals surface area contributed by atoms with Gasteiger partial charge in [0.15, 0.2) is 0 Å². The quantitative estimate of drug-likeness (QED) is 0.643. The third-order valence-corrected chi connectivity index (χ3v) is 2.32. The lowest BCUT2D eigenvalue weighted by atomic mass is 10.3. The second-order valence-electron chi connectivity index (χ2n) is 2.73. The fraction of sp³-hybridized carbons (Fsp3) is 0.250. The summed E-state index contributed by atoms with van der Waals surface area (Å²) in [4.78, 5) is 4.14. The molecule has 2 rings (SSSR count). The molecule has 0 amide bonds. The number of pyridine rings is 1. The van der Waals surface area contributed by atoms with Crippen molar-refractivity contribution in [3.05, 3.63) is 22.6 Å². The summed E-state index contributed by atoms with van der Waals surface area (Å²) in [6.07, 6.45) is 1.82. The number of aromatic nitrogens is 3. The van der Waals surface area contributed by atoms with E-state index in [1.54, 1.807) is 0 Å². The van der Waals surface area contributed by atoms with Crippen molar-refractivity contribution in [2.45, 2.75) is 6.92 Å². The molecule has 0 bridgehead atoms. The van der Waals surface area contributed by atoms with E-state index in [-0.39, 0.29) is 0 Å². The van der Waals surface area contributed by atoms with Crippen molar-refractivity contribution in [1.29, 1.82) is 0 Å². The van der Waals surface area contributed by atoms with Crippen molar-refractivity contribution in [1.82, 2.24) is 14.8 Å². The Labute approximate surface area is 78.5 Å². The monoisotopic (exact) mass is 225 g/mol. The lowest BCUT2D eigenvalue weighted by Gasteiger charge is -1.92. The number of rotatable bonds is 0. The van der Waals surface area contributed by atoms with Gasteiger partial charge in [-0.2, -0.15) is 5.10 Å². The molecule has 2 aromatic rings. The van der Waals surface area contributed by atoms with Gasteiger partial charge in [-0.15, -0.1) is 0 Å². The fourth-order valence-electron chi connectivity index (χ4n) is 1.30. The largest absolute Gasteiger partial charge is 0.266 e. The smallest absolute Gasteiger partial charge is 0.106 e. The molecule has 0 unspecified atom stereocenters. The molecule has 4 heteroatoms. The van der Waals surface area contributed by atoms with Gasteiger partial charge in [-0.1, -0.05) is 0 Å². The highest BCUT2D eigenvalue weighted by Gasteiger charge is 2.04. The number of fused-ring (bicyclic) bond motifs is 1. The lowest BCUT2D eigenvalue weighted by Crippen LogP contribution is -1.89. The highest BCUT2D eigenvalue weighted by molar-refractivity contribution is 9.10. The Kier molecular flexibility index (Phi) is 1.65. The van der Waals surface area contributed by atoms with E-state index in [0.29, 0.717) is 0 Å². The average molecular weight is 226 g/mol. The zero-order chi connectivity index (χ0) is 8.72. The van der Waals surface area contributed by atoms with Crippen LogP contribution in [0.2, 0.25) is 0 Å². The second kappa shape index (κ2) is 2.55. The number of aryl methyl sites for hydroxylation is 2. The van der Waals surface area contributed by atoms with Gasteiger partial charge in [0.2, 0.25) is 0 Å². The van der Waals surface area contributed by atoms with Crippen LogP contribution in [0, 0.1) is 6.92 Å². The van der Waals surface area contributed by atoms with Crippen LogP contribution in [-0.4, -0.2) is 14.8 Å². The van der Waals surface area contributed by atoms with Crippen LogP contribution in [0.1, 0.15) is 5.69 Å². The molecule has 62 valence electrons. The van der Waals surface area contributed by atoms with Crippen LogP contribution < -0.4 is 0 Å². The van der Waals surface area contributed by atoms with Gasteiger partial charge in [0.25, 0.3) is 0 Å². The van der Waals surface area contributed by atoms with Crippen LogP contribution in [0.3, 0.4) is 0 Å². The Morgan fingerprint density at radius 1 is 1.50 bits per heavy atom. The maximum atomic E-state index is 4.29. The Morgan fingerprint density at radius 3 is 3.00 bits per heavy atom. The molecule has 3 nitrogen and oxygen atoms in total. The average Bonchev–Trinajstić information content (AvgIpc) is 2.28. The Balaban J connectivity index is 2.90. The summed E-state index contributed by atoms with van der Waals surface area (Å²) in [5.74, 6) is 0. The summed E-state index contributed by atoms with van der Waals surface area (Å²) in [5.41, 5.74) is 2.10. The molecule has 0 aliphatic rings. The fourth-order valence-corrected chi connectivity index (χ4v) is 1.63. The Bertz CT molecular complexity index is 433.